The Morgan fingerprint density at radius 1 is 0.962 bits per heavy atom. The van der Waals surface area contributed by atoms with Crippen LogP contribution in [0.3, 0.4) is 0 Å². The number of para-hydroxylation sites is 1. The molecule has 0 unspecified atom stereocenters. The van der Waals surface area contributed by atoms with Crippen LogP contribution in [-0.4, -0.2) is 30.9 Å². The summed E-state index contributed by atoms with van der Waals surface area (Å²) >= 11 is 0. The van der Waals surface area contributed by atoms with Crippen LogP contribution in [0.25, 0.3) is 0 Å². The topological polar surface area (TPSA) is 81.7 Å². The first-order chi connectivity index (χ1) is 12.5. The van der Waals surface area contributed by atoms with Crippen LogP contribution in [0, 0.1) is 0 Å². The Kier molecular flexibility index (Phi) is 6.91. The number of nitrogens with one attached hydrogen (secondary N) is 1. The van der Waals surface area contributed by atoms with E-state index in [1.54, 1.807) is 55.5 Å². The van der Waals surface area contributed by atoms with Crippen molar-refractivity contribution in [3.05, 3.63) is 59.7 Å². The minimum Gasteiger partial charge on any atom is -0.493 e. The van der Waals surface area contributed by atoms with E-state index in [4.69, 9.17) is 9.47 Å². The van der Waals surface area contributed by atoms with Gasteiger partial charge in [-0.3, -0.25) is 9.59 Å². The predicted octanol–water partition coefficient (Wildman–Crippen LogP) is 3.47. The van der Waals surface area contributed by atoms with Gasteiger partial charge in [0.25, 0.3) is 0 Å². The van der Waals surface area contributed by atoms with Gasteiger partial charge in [0.05, 0.1) is 6.61 Å². The Labute approximate surface area is 152 Å². The van der Waals surface area contributed by atoms with E-state index in [0.717, 1.165) is 0 Å². The number of rotatable bonds is 8. The first-order valence-electron chi connectivity index (χ1n) is 8.37. The van der Waals surface area contributed by atoms with E-state index in [9.17, 15) is 14.4 Å². The highest BCUT2D eigenvalue weighted by Crippen LogP contribution is 2.19. The molecule has 0 aliphatic heterocycles. The second kappa shape index (κ2) is 9.36. The van der Waals surface area contributed by atoms with Crippen LogP contribution in [0.5, 0.6) is 5.75 Å². The highest BCUT2D eigenvalue weighted by atomic mass is 16.5. The standard InChI is InChI=1S/C20H21NO5/c1-3-19(23)21-15-11-9-14(10-12-15)17(22)13-26-20(24)16-7-5-6-8-18(16)25-4-2/h5-12H,3-4,13H2,1-2H3,(H,21,23). The van der Waals surface area contributed by atoms with E-state index in [0.29, 0.717) is 30.0 Å². The Bertz CT molecular complexity index is 783. The van der Waals surface area contributed by atoms with Crippen molar-refractivity contribution < 1.29 is 23.9 Å². The second-order valence-corrected chi connectivity index (χ2v) is 5.41. The zero-order chi connectivity index (χ0) is 18.9. The van der Waals surface area contributed by atoms with Gasteiger partial charge < -0.3 is 14.8 Å². The number of amides is 1. The summed E-state index contributed by atoms with van der Waals surface area (Å²) in [4.78, 5) is 35.7. The van der Waals surface area contributed by atoms with Gasteiger partial charge in [0.2, 0.25) is 5.91 Å². The van der Waals surface area contributed by atoms with Crippen molar-refractivity contribution in [2.45, 2.75) is 20.3 Å². The molecule has 0 aliphatic rings. The van der Waals surface area contributed by atoms with Crippen LogP contribution in [0.2, 0.25) is 0 Å². The number of esters is 1. The van der Waals surface area contributed by atoms with Gasteiger partial charge in [0, 0.05) is 17.7 Å². The molecule has 26 heavy (non-hydrogen) atoms. The maximum Gasteiger partial charge on any atom is 0.342 e. The SMILES string of the molecule is CCOc1ccccc1C(=O)OCC(=O)c1ccc(NC(=O)CC)cc1. The van der Waals surface area contributed by atoms with Crippen molar-refractivity contribution in [2.75, 3.05) is 18.5 Å². The monoisotopic (exact) mass is 355 g/mol. The van der Waals surface area contributed by atoms with Gasteiger partial charge in [-0.05, 0) is 43.3 Å². The molecule has 0 atom stereocenters. The summed E-state index contributed by atoms with van der Waals surface area (Å²) < 4.78 is 10.5. The third kappa shape index (κ3) is 5.17. The van der Waals surface area contributed by atoms with E-state index in [2.05, 4.69) is 5.32 Å². The fourth-order valence-electron chi connectivity index (χ4n) is 2.20. The normalized spacial score (nSPS) is 10.1. The molecule has 1 amide bonds. The molecule has 0 heterocycles. The first-order valence-corrected chi connectivity index (χ1v) is 8.37. The van der Waals surface area contributed by atoms with Crippen molar-refractivity contribution >= 4 is 23.3 Å². The highest BCUT2D eigenvalue weighted by Gasteiger charge is 2.16. The number of carbonyl (C=O) groups excluding carboxylic acids is 3. The van der Waals surface area contributed by atoms with Crippen LogP contribution in [0.4, 0.5) is 5.69 Å². The van der Waals surface area contributed by atoms with E-state index >= 15 is 0 Å². The zero-order valence-corrected chi connectivity index (χ0v) is 14.8. The van der Waals surface area contributed by atoms with Gasteiger partial charge in [-0.15, -0.1) is 0 Å². The number of carbonyl (C=O) groups is 3. The molecule has 0 saturated carbocycles. The molecule has 1 N–H and O–H groups in total. The van der Waals surface area contributed by atoms with Gasteiger partial charge in [-0.25, -0.2) is 4.79 Å². The fourth-order valence-corrected chi connectivity index (χ4v) is 2.20. The number of Topliss-reactive ketones (excluding diaryl/α,β-unsaturated/α-hetero) is 1. The molecular formula is C20H21NO5. The molecule has 0 aromatic heterocycles. The van der Waals surface area contributed by atoms with Crippen molar-refractivity contribution in [2.24, 2.45) is 0 Å². The summed E-state index contributed by atoms with van der Waals surface area (Å²) in [5.74, 6) is -0.635. The summed E-state index contributed by atoms with van der Waals surface area (Å²) in [6, 6.07) is 13.1. The lowest BCUT2D eigenvalue weighted by molar-refractivity contribution is -0.115. The number of ketones is 1. The molecule has 0 aliphatic carbocycles. The summed E-state index contributed by atoms with van der Waals surface area (Å²) in [5, 5.41) is 2.70. The molecule has 2 rings (SSSR count). The Morgan fingerprint density at radius 3 is 2.31 bits per heavy atom. The lowest BCUT2D eigenvalue weighted by Gasteiger charge is -2.10. The van der Waals surface area contributed by atoms with Gasteiger partial charge in [0.15, 0.2) is 12.4 Å². The molecule has 0 bridgehead atoms. The summed E-state index contributed by atoms with van der Waals surface area (Å²) in [6.45, 7) is 3.62. The van der Waals surface area contributed by atoms with Crippen molar-refractivity contribution in [3.63, 3.8) is 0 Å². The molecule has 0 spiro atoms. The van der Waals surface area contributed by atoms with E-state index in [-0.39, 0.29) is 23.9 Å². The molecule has 0 radical (unpaired) electrons. The lowest BCUT2D eigenvalue weighted by Crippen LogP contribution is -2.15. The third-order valence-corrected chi connectivity index (χ3v) is 3.55. The summed E-state index contributed by atoms with van der Waals surface area (Å²) in [7, 11) is 0. The van der Waals surface area contributed by atoms with Crippen LogP contribution in [-0.2, 0) is 9.53 Å². The first kappa shape index (κ1) is 19.2. The summed E-state index contributed by atoms with van der Waals surface area (Å²) in [5.41, 5.74) is 1.28. The zero-order valence-electron chi connectivity index (χ0n) is 14.8. The Morgan fingerprint density at radius 2 is 1.65 bits per heavy atom. The highest BCUT2D eigenvalue weighted by molar-refractivity contribution is 6.00. The number of ether oxygens (including phenoxy) is 2. The number of hydrogen-bond donors (Lipinski definition) is 1. The van der Waals surface area contributed by atoms with E-state index < -0.39 is 5.97 Å². The second-order valence-electron chi connectivity index (χ2n) is 5.41. The fraction of sp³-hybridized carbons (Fsp3) is 0.250. The van der Waals surface area contributed by atoms with Crippen molar-refractivity contribution in [1.82, 2.24) is 0 Å². The van der Waals surface area contributed by atoms with Crippen LogP contribution >= 0.6 is 0 Å². The molecule has 136 valence electrons. The summed E-state index contributed by atoms with van der Waals surface area (Å²) in [6.07, 6.45) is 0.375. The van der Waals surface area contributed by atoms with Gasteiger partial charge in [-0.2, -0.15) is 0 Å². The van der Waals surface area contributed by atoms with Crippen LogP contribution in [0.15, 0.2) is 48.5 Å². The van der Waals surface area contributed by atoms with Crippen molar-refractivity contribution in [3.8, 4) is 5.75 Å². The minimum atomic E-state index is -0.616. The number of hydrogen-bond acceptors (Lipinski definition) is 5. The smallest absolute Gasteiger partial charge is 0.342 e. The quantitative estimate of drug-likeness (QED) is 0.579. The Hall–Kier alpha value is -3.15. The number of benzene rings is 2. The van der Waals surface area contributed by atoms with Crippen molar-refractivity contribution in [1.29, 1.82) is 0 Å². The van der Waals surface area contributed by atoms with Crippen LogP contribution < -0.4 is 10.1 Å². The average Bonchev–Trinajstić information content (AvgIpc) is 2.67. The molecule has 6 heteroatoms. The van der Waals surface area contributed by atoms with Gasteiger partial charge >= 0.3 is 5.97 Å². The minimum absolute atomic E-state index is 0.106. The maximum absolute atomic E-state index is 12.2. The third-order valence-electron chi connectivity index (χ3n) is 3.55. The molecule has 0 fully saturated rings. The number of anilines is 1. The molecule has 6 nitrogen and oxygen atoms in total. The van der Waals surface area contributed by atoms with E-state index in [1.165, 1.54) is 0 Å². The molecule has 2 aromatic rings. The largest absolute Gasteiger partial charge is 0.493 e. The van der Waals surface area contributed by atoms with Gasteiger partial charge in [-0.1, -0.05) is 19.1 Å². The Balaban J connectivity index is 1.96. The van der Waals surface area contributed by atoms with Gasteiger partial charge in [0.1, 0.15) is 11.3 Å². The lowest BCUT2D eigenvalue weighted by atomic mass is 10.1. The molecular weight excluding hydrogens is 334 g/mol. The molecule has 2 aromatic carbocycles. The van der Waals surface area contributed by atoms with E-state index in [1.807, 2.05) is 6.92 Å². The molecule has 0 saturated heterocycles. The maximum atomic E-state index is 12.2. The average molecular weight is 355 g/mol. The predicted molar refractivity (Wildman–Crippen MR) is 97.6 cm³/mol. The van der Waals surface area contributed by atoms with Crippen LogP contribution in [0.1, 0.15) is 41.0 Å².